The van der Waals surface area contributed by atoms with Gasteiger partial charge in [-0.3, -0.25) is 4.90 Å². The smallest absolute Gasteiger partial charge is 0.120 e. The van der Waals surface area contributed by atoms with Crippen LogP contribution in [-0.2, 0) is 5.41 Å². The van der Waals surface area contributed by atoms with Crippen LogP contribution in [0.2, 0.25) is 0 Å². The van der Waals surface area contributed by atoms with Crippen LogP contribution in [0.3, 0.4) is 0 Å². The van der Waals surface area contributed by atoms with Gasteiger partial charge in [-0.1, -0.05) is 58.6 Å². The second kappa shape index (κ2) is 10.4. The molecule has 1 aliphatic rings. The van der Waals surface area contributed by atoms with Crippen LogP contribution < -0.4 is 0 Å². The minimum absolute atomic E-state index is 0.0158. The first kappa shape index (κ1) is 22.2. The number of hydrogen-bond acceptors (Lipinski definition) is 4. The molecule has 0 bridgehead atoms. The molecule has 154 valence electrons. The van der Waals surface area contributed by atoms with Gasteiger partial charge in [0, 0.05) is 31.3 Å². The first-order valence-corrected chi connectivity index (χ1v) is 10.8. The highest BCUT2D eigenvalue weighted by atomic mass is 16.3. The molecule has 2 atom stereocenters. The van der Waals surface area contributed by atoms with E-state index in [1.165, 1.54) is 31.2 Å². The highest BCUT2D eigenvalue weighted by Gasteiger charge is 2.31. The van der Waals surface area contributed by atoms with E-state index < -0.39 is 0 Å². The Hall–Kier alpha value is -1.10. The van der Waals surface area contributed by atoms with Gasteiger partial charge >= 0.3 is 0 Å². The van der Waals surface area contributed by atoms with Crippen LogP contribution in [0, 0.1) is 0 Å². The Morgan fingerprint density at radius 1 is 1.15 bits per heavy atom. The predicted octanol–water partition coefficient (Wildman–Crippen LogP) is 4.52. The molecule has 0 radical (unpaired) electrons. The molecule has 4 nitrogen and oxygen atoms in total. The Kier molecular flexibility index (Phi) is 8.59. The highest BCUT2D eigenvalue weighted by molar-refractivity contribution is 5.41. The van der Waals surface area contributed by atoms with E-state index in [9.17, 15) is 10.2 Å². The van der Waals surface area contributed by atoms with E-state index >= 15 is 0 Å². The number of benzene rings is 1. The molecule has 1 aromatic rings. The van der Waals surface area contributed by atoms with Crippen LogP contribution in [0.1, 0.15) is 89.3 Å². The summed E-state index contributed by atoms with van der Waals surface area (Å²) in [4.78, 5) is 2.29. The lowest BCUT2D eigenvalue weighted by molar-refractivity contribution is 0.0370. The molecule has 0 saturated carbocycles. The predicted molar refractivity (Wildman–Crippen MR) is 111 cm³/mol. The van der Waals surface area contributed by atoms with Crippen molar-refractivity contribution >= 4 is 0 Å². The van der Waals surface area contributed by atoms with Crippen molar-refractivity contribution in [3.8, 4) is 5.75 Å². The summed E-state index contributed by atoms with van der Waals surface area (Å²) in [6, 6.07) is 6.15. The van der Waals surface area contributed by atoms with Crippen LogP contribution in [0.25, 0.3) is 0 Å². The molecule has 0 spiro atoms. The van der Waals surface area contributed by atoms with Gasteiger partial charge in [-0.2, -0.15) is 0 Å². The van der Waals surface area contributed by atoms with Crippen molar-refractivity contribution in [2.45, 2.75) is 89.7 Å². The van der Waals surface area contributed by atoms with Crippen LogP contribution in [-0.4, -0.2) is 46.0 Å². The van der Waals surface area contributed by atoms with Crippen molar-refractivity contribution in [2.24, 2.45) is 0 Å². The Bertz CT molecular complexity index is 571. The number of piperidine rings is 1. The van der Waals surface area contributed by atoms with Gasteiger partial charge < -0.3 is 15.3 Å². The molecular weight excluding hydrogens is 338 g/mol. The molecule has 0 aromatic heterocycles. The summed E-state index contributed by atoms with van der Waals surface area (Å²) in [5, 5.41) is 30.1. The van der Waals surface area contributed by atoms with Crippen molar-refractivity contribution in [1.29, 1.82) is 0 Å². The lowest BCUT2D eigenvalue weighted by Crippen LogP contribution is -2.39. The van der Waals surface area contributed by atoms with Crippen molar-refractivity contribution in [3.63, 3.8) is 0 Å². The van der Waals surface area contributed by atoms with Crippen LogP contribution in [0.5, 0.6) is 5.75 Å². The maximum absolute atomic E-state index is 10.8. The fourth-order valence-corrected chi connectivity index (χ4v) is 4.24. The van der Waals surface area contributed by atoms with E-state index in [2.05, 4.69) is 31.7 Å². The highest BCUT2D eigenvalue weighted by Crippen LogP contribution is 2.39. The number of likely N-dealkylation sites (tertiary alicyclic amines) is 1. The van der Waals surface area contributed by atoms with Crippen molar-refractivity contribution in [2.75, 3.05) is 19.7 Å². The molecule has 1 heterocycles. The van der Waals surface area contributed by atoms with E-state index in [0.29, 0.717) is 12.2 Å². The van der Waals surface area contributed by atoms with Gasteiger partial charge in [0.05, 0.1) is 6.10 Å². The van der Waals surface area contributed by atoms with Crippen molar-refractivity contribution in [1.82, 2.24) is 4.90 Å². The Morgan fingerprint density at radius 2 is 1.93 bits per heavy atom. The molecule has 0 amide bonds. The summed E-state index contributed by atoms with van der Waals surface area (Å²) < 4.78 is 0. The number of phenolic OH excluding ortho intramolecular Hbond substituents is 1. The van der Waals surface area contributed by atoms with Gasteiger partial charge in [0.15, 0.2) is 0 Å². The summed E-state index contributed by atoms with van der Waals surface area (Å²) in [6.45, 7) is 8.50. The summed E-state index contributed by atoms with van der Waals surface area (Å²) in [5.41, 5.74) is 2.13. The minimum atomic E-state index is -0.325. The topological polar surface area (TPSA) is 63.9 Å². The largest absolute Gasteiger partial charge is 0.508 e. The van der Waals surface area contributed by atoms with Gasteiger partial charge in [-0.05, 0) is 42.7 Å². The van der Waals surface area contributed by atoms with Crippen LogP contribution in [0.15, 0.2) is 18.2 Å². The zero-order valence-electron chi connectivity index (χ0n) is 17.5. The number of hydrogen-bond donors (Lipinski definition) is 3. The van der Waals surface area contributed by atoms with E-state index in [1.807, 2.05) is 12.1 Å². The van der Waals surface area contributed by atoms with E-state index in [1.54, 1.807) is 0 Å². The van der Waals surface area contributed by atoms with E-state index in [4.69, 9.17) is 5.11 Å². The minimum Gasteiger partial charge on any atom is -0.508 e. The van der Waals surface area contributed by atoms with Gasteiger partial charge in [0.25, 0.3) is 0 Å². The van der Waals surface area contributed by atoms with Crippen LogP contribution in [0.4, 0.5) is 0 Å². The molecule has 3 N–H and O–H groups in total. The average molecular weight is 378 g/mol. The Morgan fingerprint density at radius 3 is 2.59 bits per heavy atom. The number of rotatable bonds is 10. The normalized spacial score (nSPS) is 21.5. The van der Waals surface area contributed by atoms with Gasteiger partial charge in [0.1, 0.15) is 5.75 Å². The fraction of sp³-hybridized carbons (Fsp3) is 0.739. The molecule has 1 fully saturated rings. The molecule has 1 aromatic carbocycles. The second-order valence-electron chi connectivity index (χ2n) is 8.78. The van der Waals surface area contributed by atoms with Crippen LogP contribution >= 0.6 is 0 Å². The van der Waals surface area contributed by atoms with E-state index in [0.717, 1.165) is 37.9 Å². The molecule has 2 rings (SSSR count). The average Bonchev–Trinajstić information content (AvgIpc) is 2.64. The molecular formula is C23H39NO3. The summed E-state index contributed by atoms with van der Waals surface area (Å²) in [6.07, 6.45) is 7.92. The van der Waals surface area contributed by atoms with Gasteiger partial charge in [-0.25, -0.2) is 0 Å². The molecule has 0 unspecified atom stereocenters. The first-order chi connectivity index (χ1) is 12.9. The van der Waals surface area contributed by atoms with Crippen molar-refractivity contribution < 1.29 is 15.3 Å². The maximum Gasteiger partial charge on any atom is 0.120 e. The number of nitrogens with zero attached hydrogens (tertiary/aromatic N) is 1. The fourth-order valence-electron chi connectivity index (χ4n) is 4.24. The number of aromatic hydroxyl groups is 1. The third-order valence-electron chi connectivity index (χ3n) is 6.12. The summed E-state index contributed by atoms with van der Waals surface area (Å²) in [7, 11) is 0. The van der Waals surface area contributed by atoms with Gasteiger partial charge in [-0.15, -0.1) is 0 Å². The number of phenols is 1. The van der Waals surface area contributed by atoms with E-state index in [-0.39, 0.29) is 24.2 Å². The standard InChI is InChI=1S/C23H39NO3/c1-4-5-6-7-12-23(2,3)18-9-10-20(22(27)16-18)21-17-19(26)11-14-24(21)13-8-15-25/h9-10,16,19,21,25-27H,4-8,11-15,17H2,1-3H3/t19-,21+/m0/s1. The Balaban J connectivity index is 2.13. The van der Waals surface area contributed by atoms with Crippen molar-refractivity contribution in [3.05, 3.63) is 29.3 Å². The Labute approximate surface area is 165 Å². The SMILES string of the molecule is CCCCCCC(C)(C)c1ccc([C@H]2C[C@@H](O)CCN2CCCO)c(O)c1. The third-order valence-corrected chi connectivity index (χ3v) is 6.12. The van der Waals surface area contributed by atoms with Gasteiger partial charge in [0.2, 0.25) is 0 Å². The first-order valence-electron chi connectivity index (χ1n) is 10.8. The second-order valence-corrected chi connectivity index (χ2v) is 8.78. The molecule has 0 aliphatic carbocycles. The number of unbranched alkanes of at least 4 members (excludes halogenated alkanes) is 3. The number of aliphatic hydroxyl groups is 2. The summed E-state index contributed by atoms with van der Waals surface area (Å²) in [5.74, 6) is 0.335. The quantitative estimate of drug-likeness (QED) is 0.525. The summed E-state index contributed by atoms with van der Waals surface area (Å²) >= 11 is 0. The monoisotopic (exact) mass is 377 g/mol. The molecule has 1 saturated heterocycles. The lowest BCUT2D eigenvalue weighted by Gasteiger charge is -2.38. The zero-order valence-corrected chi connectivity index (χ0v) is 17.5. The molecule has 27 heavy (non-hydrogen) atoms. The maximum atomic E-state index is 10.8. The zero-order chi connectivity index (χ0) is 19.9. The number of aliphatic hydroxyl groups excluding tert-OH is 2. The molecule has 1 aliphatic heterocycles. The third kappa shape index (κ3) is 6.20. The lowest BCUT2D eigenvalue weighted by atomic mass is 9.79. The molecule has 4 heteroatoms.